The lowest BCUT2D eigenvalue weighted by molar-refractivity contribution is 0.180. The van der Waals surface area contributed by atoms with Crippen LogP contribution in [0.4, 0.5) is 0 Å². The molecule has 106 valence electrons. The Labute approximate surface area is 122 Å². The van der Waals surface area contributed by atoms with E-state index in [0.717, 1.165) is 16.5 Å². The van der Waals surface area contributed by atoms with Gasteiger partial charge in [-0.1, -0.05) is 15.9 Å². The molecule has 1 aliphatic heterocycles. The van der Waals surface area contributed by atoms with Crippen molar-refractivity contribution in [1.82, 2.24) is 4.72 Å². The second kappa shape index (κ2) is 5.91. The lowest BCUT2D eigenvalue weighted by Gasteiger charge is -2.20. The van der Waals surface area contributed by atoms with Gasteiger partial charge in [-0.2, -0.15) is 0 Å². The van der Waals surface area contributed by atoms with E-state index in [4.69, 9.17) is 4.74 Å². The summed E-state index contributed by atoms with van der Waals surface area (Å²) in [6, 6.07) is 5.05. The topological polar surface area (TPSA) is 55.4 Å². The molecule has 1 saturated heterocycles. The molecule has 1 N–H and O–H groups in total. The molecule has 19 heavy (non-hydrogen) atoms. The van der Waals surface area contributed by atoms with E-state index in [9.17, 15) is 8.42 Å². The second-order valence-corrected chi connectivity index (χ2v) is 7.54. The molecule has 4 nitrogen and oxygen atoms in total. The van der Waals surface area contributed by atoms with Crippen molar-refractivity contribution < 1.29 is 13.2 Å². The molecule has 0 bridgehead atoms. The normalized spacial score (nSPS) is 21.5. The van der Waals surface area contributed by atoms with Crippen LogP contribution in [0.25, 0.3) is 0 Å². The molecular formula is C13H18BrNO3S. The molecule has 1 fully saturated rings. The third-order valence-electron chi connectivity index (χ3n) is 3.44. The Balaban J connectivity index is 2.17. The first kappa shape index (κ1) is 15.0. The number of aryl methyl sites for hydroxylation is 1. The number of nitrogens with one attached hydrogen (secondary N) is 1. The Morgan fingerprint density at radius 3 is 2.79 bits per heavy atom. The van der Waals surface area contributed by atoms with Crippen molar-refractivity contribution in [2.24, 2.45) is 5.92 Å². The smallest absolute Gasteiger partial charge is 0.241 e. The number of ether oxygens (including phenoxy) is 1. The average molecular weight is 348 g/mol. The Kier molecular flexibility index (Phi) is 4.66. The molecule has 0 aromatic heterocycles. The largest absolute Gasteiger partial charge is 0.381 e. The molecule has 0 amide bonds. The van der Waals surface area contributed by atoms with Gasteiger partial charge < -0.3 is 4.74 Å². The van der Waals surface area contributed by atoms with E-state index in [0.29, 0.717) is 18.1 Å². The van der Waals surface area contributed by atoms with Gasteiger partial charge in [-0.15, -0.1) is 0 Å². The minimum absolute atomic E-state index is 0.115. The predicted molar refractivity (Wildman–Crippen MR) is 77.6 cm³/mol. The molecule has 2 atom stereocenters. The lowest BCUT2D eigenvalue weighted by Crippen LogP contribution is -2.38. The van der Waals surface area contributed by atoms with Crippen LogP contribution in [0.2, 0.25) is 0 Å². The summed E-state index contributed by atoms with van der Waals surface area (Å²) in [5, 5.41) is 0. The highest BCUT2D eigenvalue weighted by molar-refractivity contribution is 9.10. The van der Waals surface area contributed by atoms with E-state index >= 15 is 0 Å². The molecule has 1 aromatic carbocycles. The van der Waals surface area contributed by atoms with Crippen molar-refractivity contribution >= 4 is 26.0 Å². The van der Waals surface area contributed by atoms with Gasteiger partial charge in [0.1, 0.15) is 0 Å². The number of sulfonamides is 1. The fourth-order valence-corrected chi connectivity index (χ4v) is 4.28. The fraction of sp³-hybridized carbons (Fsp3) is 0.538. The summed E-state index contributed by atoms with van der Waals surface area (Å²) in [5.41, 5.74) is 0.733. The number of benzene rings is 1. The zero-order valence-electron chi connectivity index (χ0n) is 11.0. The molecule has 0 radical (unpaired) electrons. The van der Waals surface area contributed by atoms with E-state index in [2.05, 4.69) is 20.7 Å². The van der Waals surface area contributed by atoms with E-state index in [1.807, 2.05) is 6.92 Å². The summed E-state index contributed by atoms with van der Waals surface area (Å²) >= 11 is 3.34. The van der Waals surface area contributed by atoms with Crippen LogP contribution in [0, 0.1) is 12.8 Å². The van der Waals surface area contributed by atoms with Crippen molar-refractivity contribution in [2.45, 2.75) is 31.2 Å². The van der Waals surface area contributed by atoms with Crippen LogP contribution in [-0.2, 0) is 14.8 Å². The van der Waals surface area contributed by atoms with Crippen LogP contribution in [-0.4, -0.2) is 27.7 Å². The molecule has 1 heterocycles. The molecule has 6 heteroatoms. The van der Waals surface area contributed by atoms with Gasteiger partial charge in [0.2, 0.25) is 10.0 Å². The van der Waals surface area contributed by atoms with Crippen molar-refractivity contribution in [2.75, 3.05) is 13.2 Å². The van der Waals surface area contributed by atoms with E-state index < -0.39 is 10.0 Å². The summed E-state index contributed by atoms with van der Waals surface area (Å²) in [5.74, 6) is 0.255. The lowest BCUT2D eigenvalue weighted by atomic mass is 10.0. The van der Waals surface area contributed by atoms with Gasteiger partial charge in [-0.25, -0.2) is 13.1 Å². The summed E-state index contributed by atoms with van der Waals surface area (Å²) in [4.78, 5) is 0.335. The van der Waals surface area contributed by atoms with Crippen molar-refractivity contribution in [3.05, 3.63) is 28.2 Å². The number of rotatable bonds is 4. The highest BCUT2D eigenvalue weighted by atomic mass is 79.9. The standard InChI is InChI=1S/C13H18BrNO3S/c1-9-7-12(14)3-4-13(9)19(16,17)15-10(2)11-5-6-18-8-11/h3-4,7,10-11,15H,5-6,8H2,1-2H3/t10-,11+/m1/s1. The van der Waals surface area contributed by atoms with E-state index in [1.165, 1.54) is 0 Å². The minimum atomic E-state index is -3.47. The van der Waals surface area contributed by atoms with Gasteiger partial charge in [0.25, 0.3) is 0 Å². The van der Waals surface area contributed by atoms with E-state index in [-0.39, 0.29) is 12.0 Å². The van der Waals surface area contributed by atoms with Crippen molar-refractivity contribution in [1.29, 1.82) is 0 Å². The molecule has 0 spiro atoms. The highest BCUT2D eigenvalue weighted by Gasteiger charge is 2.27. The number of halogens is 1. The Bertz CT molecular complexity index is 553. The summed E-state index contributed by atoms with van der Waals surface area (Å²) in [6.45, 7) is 5.03. The maximum Gasteiger partial charge on any atom is 0.241 e. The zero-order valence-corrected chi connectivity index (χ0v) is 13.4. The fourth-order valence-electron chi connectivity index (χ4n) is 2.27. The van der Waals surface area contributed by atoms with Crippen LogP contribution >= 0.6 is 15.9 Å². The Morgan fingerprint density at radius 1 is 1.47 bits per heavy atom. The van der Waals surface area contributed by atoms with E-state index in [1.54, 1.807) is 25.1 Å². The monoisotopic (exact) mass is 347 g/mol. The maximum atomic E-state index is 12.4. The molecule has 1 aliphatic rings. The van der Waals surface area contributed by atoms with Crippen LogP contribution in [0.3, 0.4) is 0 Å². The van der Waals surface area contributed by atoms with Crippen LogP contribution < -0.4 is 4.72 Å². The van der Waals surface area contributed by atoms with Gasteiger partial charge in [-0.05, 0) is 44.0 Å². The molecule has 1 aromatic rings. The predicted octanol–water partition coefficient (Wildman–Crippen LogP) is 2.46. The SMILES string of the molecule is Cc1cc(Br)ccc1S(=O)(=O)N[C@H](C)[C@H]1CCOC1. The first-order valence-electron chi connectivity index (χ1n) is 6.26. The number of hydrogen-bond donors (Lipinski definition) is 1. The molecule has 0 unspecified atom stereocenters. The van der Waals surface area contributed by atoms with Gasteiger partial charge in [0, 0.05) is 23.0 Å². The average Bonchev–Trinajstić information content (AvgIpc) is 2.80. The minimum Gasteiger partial charge on any atom is -0.381 e. The van der Waals surface area contributed by atoms with Gasteiger partial charge in [0.15, 0.2) is 0 Å². The highest BCUT2D eigenvalue weighted by Crippen LogP contribution is 2.22. The summed E-state index contributed by atoms with van der Waals surface area (Å²) in [7, 11) is -3.47. The summed E-state index contributed by atoms with van der Waals surface area (Å²) in [6.07, 6.45) is 0.906. The van der Waals surface area contributed by atoms with Crippen molar-refractivity contribution in [3.63, 3.8) is 0 Å². The van der Waals surface area contributed by atoms with Gasteiger partial charge in [0.05, 0.1) is 11.5 Å². The van der Waals surface area contributed by atoms with Crippen molar-refractivity contribution in [3.8, 4) is 0 Å². The third-order valence-corrected chi connectivity index (χ3v) is 5.65. The quantitative estimate of drug-likeness (QED) is 0.910. The first-order valence-corrected chi connectivity index (χ1v) is 8.54. The van der Waals surface area contributed by atoms with Gasteiger partial charge >= 0.3 is 0 Å². The maximum absolute atomic E-state index is 12.4. The Morgan fingerprint density at radius 2 is 2.21 bits per heavy atom. The number of hydrogen-bond acceptors (Lipinski definition) is 3. The molecule has 0 saturated carbocycles. The van der Waals surface area contributed by atoms with Crippen LogP contribution in [0.1, 0.15) is 18.9 Å². The zero-order chi connectivity index (χ0) is 14.0. The molecule has 2 rings (SSSR count). The second-order valence-electron chi connectivity index (χ2n) is 4.94. The molecule has 0 aliphatic carbocycles. The van der Waals surface area contributed by atoms with Gasteiger partial charge in [-0.3, -0.25) is 0 Å². The molecular weight excluding hydrogens is 330 g/mol. The van der Waals surface area contributed by atoms with Crippen LogP contribution in [0.15, 0.2) is 27.6 Å². The Hall–Kier alpha value is -0.430. The first-order chi connectivity index (χ1) is 8.90. The van der Waals surface area contributed by atoms with Crippen LogP contribution in [0.5, 0.6) is 0 Å². The third kappa shape index (κ3) is 3.56. The summed E-state index contributed by atoms with van der Waals surface area (Å²) < 4.78 is 33.7.